The number of nitrogens with zero attached hydrogens (tertiary/aromatic N) is 1. The van der Waals surface area contributed by atoms with Gasteiger partial charge in [-0.05, 0) is 38.9 Å². The summed E-state index contributed by atoms with van der Waals surface area (Å²) in [5, 5.41) is 12.2. The van der Waals surface area contributed by atoms with Crippen LogP contribution < -0.4 is 10.1 Å². The zero-order valence-electron chi connectivity index (χ0n) is 9.77. The number of rotatable bonds is 3. The van der Waals surface area contributed by atoms with Gasteiger partial charge in [0.2, 0.25) is 5.88 Å². The predicted molar refractivity (Wildman–Crippen MR) is 62.5 cm³/mol. The fourth-order valence-corrected chi connectivity index (χ4v) is 1.91. The SMILES string of the molecule is Cc1cc(C(=O)O)cc(OC2CCNCC2)n1. The first kappa shape index (κ1) is 11.9. The number of aromatic nitrogens is 1. The molecular weight excluding hydrogens is 220 g/mol. The van der Waals surface area contributed by atoms with Gasteiger partial charge in [0.15, 0.2) is 0 Å². The lowest BCUT2D eigenvalue weighted by molar-refractivity contribution is 0.0695. The van der Waals surface area contributed by atoms with Crippen LogP contribution in [-0.2, 0) is 0 Å². The Balaban J connectivity index is 2.11. The second-order valence-corrected chi connectivity index (χ2v) is 4.21. The highest BCUT2D eigenvalue weighted by Gasteiger charge is 2.16. The molecule has 2 heterocycles. The van der Waals surface area contributed by atoms with Crippen LogP contribution in [0.4, 0.5) is 0 Å². The molecule has 5 heteroatoms. The average molecular weight is 236 g/mol. The van der Waals surface area contributed by atoms with Gasteiger partial charge < -0.3 is 15.2 Å². The number of ether oxygens (including phenoxy) is 1. The average Bonchev–Trinajstić information content (AvgIpc) is 2.29. The van der Waals surface area contributed by atoms with Gasteiger partial charge >= 0.3 is 5.97 Å². The fourth-order valence-electron chi connectivity index (χ4n) is 1.91. The van der Waals surface area contributed by atoms with Gasteiger partial charge in [0.1, 0.15) is 6.10 Å². The van der Waals surface area contributed by atoms with E-state index in [4.69, 9.17) is 9.84 Å². The number of nitrogens with one attached hydrogen (secondary N) is 1. The lowest BCUT2D eigenvalue weighted by atomic mass is 10.1. The molecule has 1 fully saturated rings. The van der Waals surface area contributed by atoms with E-state index in [2.05, 4.69) is 10.3 Å². The van der Waals surface area contributed by atoms with E-state index < -0.39 is 5.97 Å². The van der Waals surface area contributed by atoms with E-state index in [1.807, 2.05) is 0 Å². The summed E-state index contributed by atoms with van der Waals surface area (Å²) in [6, 6.07) is 3.02. The van der Waals surface area contributed by atoms with Crippen LogP contribution in [0.1, 0.15) is 28.9 Å². The van der Waals surface area contributed by atoms with Crippen LogP contribution in [-0.4, -0.2) is 35.3 Å². The van der Waals surface area contributed by atoms with Crippen molar-refractivity contribution in [1.29, 1.82) is 0 Å². The second kappa shape index (κ2) is 5.14. The van der Waals surface area contributed by atoms with Gasteiger partial charge in [0.25, 0.3) is 0 Å². The summed E-state index contributed by atoms with van der Waals surface area (Å²) in [6.07, 6.45) is 1.99. The molecule has 0 aliphatic carbocycles. The summed E-state index contributed by atoms with van der Waals surface area (Å²) in [7, 11) is 0. The highest BCUT2D eigenvalue weighted by atomic mass is 16.5. The third-order valence-electron chi connectivity index (χ3n) is 2.75. The zero-order valence-corrected chi connectivity index (χ0v) is 9.77. The number of carboxylic acids is 1. The zero-order chi connectivity index (χ0) is 12.3. The minimum absolute atomic E-state index is 0.132. The Morgan fingerprint density at radius 1 is 1.47 bits per heavy atom. The van der Waals surface area contributed by atoms with Crippen molar-refractivity contribution in [3.8, 4) is 5.88 Å². The van der Waals surface area contributed by atoms with Crippen LogP contribution in [0.3, 0.4) is 0 Å². The molecule has 5 nitrogen and oxygen atoms in total. The summed E-state index contributed by atoms with van der Waals surface area (Å²) in [5.41, 5.74) is 0.885. The quantitative estimate of drug-likeness (QED) is 0.825. The first-order valence-electron chi connectivity index (χ1n) is 5.74. The molecule has 0 amide bonds. The Bertz CT molecular complexity index is 414. The molecular formula is C12H16N2O3. The Labute approximate surface area is 99.8 Å². The third kappa shape index (κ3) is 3.17. The molecule has 1 aliphatic rings. The largest absolute Gasteiger partial charge is 0.478 e. The Hall–Kier alpha value is -1.62. The molecule has 2 rings (SSSR count). The number of carboxylic acid groups (broad SMARTS) is 1. The van der Waals surface area contributed by atoms with Crippen molar-refractivity contribution in [2.45, 2.75) is 25.9 Å². The predicted octanol–water partition coefficient (Wildman–Crippen LogP) is 1.22. The molecule has 0 saturated carbocycles. The first-order valence-corrected chi connectivity index (χ1v) is 5.74. The highest BCUT2D eigenvalue weighted by molar-refractivity contribution is 5.87. The molecule has 92 valence electrons. The topological polar surface area (TPSA) is 71.5 Å². The van der Waals surface area contributed by atoms with Crippen LogP contribution in [0.5, 0.6) is 5.88 Å². The first-order chi connectivity index (χ1) is 8.15. The van der Waals surface area contributed by atoms with Gasteiger partial charge in [-0.2, -0.15) is 0 Å². The van der Waals surface area contributed by atoms with Crippen molar-refractivity contribution in [3.05, 3.63) is 23.4 Å². The summed E-state index contributed by atoms with van der Waals surface area (Å²) < 4.78 is 5.71. The Kier molecular flexibility index (Phi) is 3.58. The number of hydrogen-bond acceptors (Lipinski definition) is 4. The van der Waals surface area contributed by atoms with E-state index in [9.17, 15) is 4.79 Å². The van der Waals surface area contributed by atoms with Crippen LogP contribution in [0, 0.1) is 6.92 Å². The van der Waals surface area contributed by atoms with E-state index in [1.54, 1.807) is 6.92 Å². The summed E-state index contributed by atoms with van der Waals surface area (Å²) in [4.78, 5) is 15.1. The van der Waals surface area contributed by atoms with E-state index in [0.29, 0.717) is 11.6 Å². The normalized spacial score (nSPS) is 16.8. The van der Waals surface area contributed by atoms with E-state index >= 15 is 0 Å². The van der Waals surface area contributed by atoms with Gasteiger partial charge in [-0.15, -0.1) is 0 Å². The third-order valence-corrected chi connectivity index (χ3v) is 2.75. The van der Waals surface area contributed by atoms with Gasteiger partial charge in [-0.25, -0.2) is 9.78 Å². The number of pyridine rings is 1. The molecule has 1 aliphatic heterocycles. The van der Waals surface area contributed by atoms with Crippen molar-refractivity contribution in [2.75, 3.05) is 13.1 Å². The van der Waals surface area contributed by atoms with Crippen LogP contribution in [0.15, 0.2) is 12.1 Å². The molecule has 17 heavy (non-hydrogen) atoms. The minimum Gasteiger partial charge on any atom is -0.478 e. The number of aromatic carboxylic acids is 1. The lowest BCUT2D eigenvalue weighted by Crippen LogP contribution is -2.34. The Morgan fingerprint density at radius 2 is 2.18 bits per heavy atom. The van der Waals surface area contributed by atoms with E-state index in [0.717, 1.165) is 25.9 Å². The van der Waals surface area contributed by atoms with Gasteiger partial charge in [0.05, 0.1) is 5.56 Å². The van der Waals surface area contributed by atoms with Crippen molar-refractivity contribution in [1.82, 2.24) is 10.3 Å². The van der Waals surface area contributed by atoms with Crippen molar-refractivity contribution in [3.63, 3.8) is 0 Å². The highest BCUT2D eigenvalue weighted by Crippen LogP contribution is 2.17. The molecule has 2 N–H and O–H groups in total. The van der Waals surface area contributed by atoms with E-state index in [-0.39, 0.29) is 11.7 Å². The Morgan fingerprint density at radius 3 is 2.82 bits per heavy atom. The molecule has 0 radical (unpaired) electrons. The molecule has 1 aromatic rings. The van der Waals surface area contributed by atoms with Gasteiger partial charge in [-0.1, -0.05) is 0 Å². The maximum Gasteiger partial charge on any atom is 0.335 e. The monoisotopic (exact) mass is 236 g/mol. The van der Waals surface area contributed by atoms with Crippen molar-refractivity contribution in [2.24, 2.45) is 0 Å². The molecule has 1 saturated heterocycles. The molecule has 1 aromatic heterocycles. The standard InChI is InChI=1S/C12H16N2O3/c1-8-6-9(12(15)16)7-11(14-8)17-10-2-4-13-5-3-10/h6-7,10,13H,2-5H2,1H3,(H,15,16). The lowest BCUT2D eigenvalue weighted by Gasteiger charge is -2.23. The van der Waals surface area contributed by atoms with Crippen LogP contribution >= 0.6 is 0 Å². The van der Waals surface area contributed by atoms with Gasteiger partial charge in [0, 0.05) is 11.8 Å². The summed E-state index contributed by atoms with van der Waals surface area (Å²) in [6.45, 7) is 3.63. The van der Waals surface area contributed by atoms with Crippen LogP contribution in [0.2, 0.25) is 0 Å². The number of hydrogen-bond donors (Lipinski definition) is 2. The molecule has 0 aromatic carbocycles. The maximum atomic E-state index is 10.9. The number of aryl methyl sites for hydroxylation is 1. The van der Waals surface area contributed by atoms with Gasteiger partial charge in [-0.3, -0.25) is 0 Å². The molecule has 0 bridgehead atoms. The van der Waals surface area contributed by atoms with Crippen LogP contribution in [0.25, 0.3) is 0 Å². The molecule has 0 spiro atoms. The number of carbonyl (C=O) groups is 1. The van der Waals surface area contributed by atoms with Crippen molar-refractivity contribution < 1.29 is 14.6 Å². The molecule has 0 atom stereocenters. The van der Waals surface area contributed by atoms with Crippen molar-refractivity contribution >= 4 is 5.97 Å². The summed E-state index contributed by atoms with van der Waals surface area (Å²) in [5.74, 6) is -0.542. The van der Waals surface area contributed by atoms with E-state index in [1.165, 1.54) is 12.1 Å². The maximum absolute atomic E-state index is 10.9. The molecule has 0 unspecified atom stereocenters. The smallest absolute Gasteiger partial charge is 0.335 e. The second-order valence-electron chi connectivity index (χ2n) is 4.21. The number of piperidine rings is 1. The summed E-state index contributed by atoms with van der Waals surface area (Å²) >= 11 is 0. The fraction of sp³-hybridized carbons (Fsp3) is 0.500. The minimum atomic E-state index is -0.953.